The Kier molecular flexibility index (Phi) is 4.77. The fraction of sp³-hybridized carbons (Fsp3) is 0.429. The van der Waals surface area contributed by atoms with Crippen LogP contribution in [0.1, 0.15) is 6.92 Å². The van der Waals surface area contributed by atoms with E-state index in [1.54, 1.807) is 24.3 Å². The third kappa shape index (κ3) is 3.14. The number of carbonyl (C=O) groups excluding carboxylic acids is 2. The molecule has 0 saturated carbocycles. The first-order valence-corrected chi connectivity index (χ1v) is 6.80. The van der Waals surface area contributed by atoms with Crippen molar-refractivity contribution in [3.63, 3.8) is 0 Å². The molecule has 2 amide bonds. The minimum Gasteiger partial charge on any atom is -0.443 e. The smallest absolute Gasteiger partial charge is 0.414 e. The molecule has 1 fully saturated rings. The number of cyclic esters (lactones) is 1. The van der Waals surface area contributed by atoms with E-state index in [0.717, 1.165) is 0 Å². The first-order chi connectivity index (χ1) is 10.1. The first-order valence-electron chi connectivity index (χ1n) is 6.80. The number of nitrogens with two attached hydrogens (primary N) is 1. The van der Waals surface area contributed by atoms with Gasteiger partial charge in [0.15, 0.2) is 0 Å². The predicted octanol–water partition coefficient (Wildman–Crippen LogP) is 0.316. The largest absolute Gasteiger partial charge is 0.443 e. The number of likely N-dealkylation sites (N-methyl/N-ethyl adjacent to an activating group) is 1. The molecular formula is C14H19N3O4. The first kappa shape index (κ1) is 15.3. The molecule has 1 aromatic rings. The van der Waals surface area contributed by atoms with Crippen molar-refractivity contribution in [2.45, 2.75) is 13.0 Å². The molecule has 7 heteroatoms. The molecule has 1 saturated heterocycles. The Morgan fingerprint density at radius 3 is 2.62 bits per heavy atom. The lowest BCUT2D eigenvalue weighted by atomic mass is 10.2. The van der Waals surface area contributed by atoms with E-state index in [9.17, 15) is 9.59 Å². The second kappa shape index (κ2) is 6.55. The Hall–Kier alpha value is -2.12. The summed E-state index contributed by atoms with van der Waals surface area (Å²) in [5.41, 5.74) is 6.85. The van der Waals surface area contributed by atoms with Gasteiger partial charge in [-0.25, -0.2) is 4.79 Å². The van der Waals surface area contributed by atoms with Gasteiger partial charge in [-0.05, 0) is 31.2 Å². The Morgan fingerprint density at radius 2 is 2.14 bits per heavy atom. The lowest BCUT2D eigenvalue weighted by Crippen LogP contribution is -2.33. The number of rotatable bonds is 5. The van der Waals surface area contributed by atoms with Crippen LogP contribution in [0.3, 0.4) is 0 Å². The van der Waals surface area contributed by atoms with Crippen molar-refractivity contribution < 1.29 is 19.4 Å². The van der Waals surface area contributed by atoms with Gasteiger partial charge in [0.1, 0.15) is 12.7 Å². The third-order valence-electron chi connectivity index (χ3n) is 3.36. The van der Waals surface area contributed by atoms with Crippen molar-refractivity contribution in [3.05, 3.63) is 24.3 Å². The molecule has 7 nitrogen and oxygen atoms in total. The standard InChI is InChI=1S/C14H19N3O4/c1-2-16(13(19)9-18)10-3-5-11(6-4-10)17-8-12(7-15)21-14(17)20/h3-6,12,18H,2,7-9,15H2,1H3. The van der Waals surface area contributed by atoms with Gasteiger partial charge in [0, 0.05) is 24.5 Å². The summed E-state index contributed by atoms with van der Waals surface area (Å²) >= 11 is 0. The van der Waals surface area contributed by atoms with Gasteiger partial charge in [-0.15, -0.1) is 0 Å². The van der Waals surface area contributed by atoms with Crippen LogP contribution in [0.2, 0.25) is 0 Å². The summed E-state index contributed by atoms with van der Waals surface area (Å²) in [5.74, 6) is -0.367. The number of hydrogen-bond donors (Lipinski definition) is 2. The Labute approximate surface area is 122 Å². The van der Waals surface area contributed by atoms with Gasteiger partial charge >= 0.3 is 6.09 Å². The maximum absolute atomic E-state index is 11.7. The Morgan fingerprint density at radius 1 is 1.48 bits per heavy atom. The molecule has 114 valence electrons. The number of carbonyl (C=O) groups is 2. The average Bonchev–Trinajstić information content (AvgIpc) is 2.89. The van der Waals surface area contributed by atoms with E-state index < -0.39 is 12.7 Å². The zero-order chi connectivity index (χ0) is 15.4. The van der Waals surface area contributed by atoms with Crippen molar-refractivity contribution in [2.24, 2.45) is 5.73 Å². The van der Waals surface area contributed by atoms with E-state index in [-0.39, 0.29) is 18.6 Å². The number of aliphatic hydroxyl groups is 1. The van der Waals surface area contributed by atoms with E-state index >= 15 is 0 Å². The van der Waals surface area contributed by atoms with Crippen LogP contribution in [0.5, 0.6) is 0 Å². The van der Waals surface area contributed by atoms with Crippen LogP contribution < -0.4 is 15.5 Å². The number of benzene rings is 1. The van der Waals surface area contributed by atoms with Gasteiger partial charge in [-0.1, -0.05) is 0 Å². The van der Waals surface area contributed by atoms with Crippen molar-refractivity contribution >= 4 is 23.4 Å². The number of nitrogens with zero attached hydrogens (tertiary/aromatic N) is 2. The van der Waals surface area contributed by atoms with E-state index in [0.29, 0.717) is 24.5 Å². The lowest BCUT2D eigenvalue weighted by molar-refractivity contribution is -0.121. The molecular weight excluding hydrogens is 274 g/mol. The molecule has 1 aliphatic rings. The van der Waals surface area contributed by atoms with Gasteiger partial charge in [-0.3, -0.25) is 9.69 Å². The maximum atomic E-state index is 11.7. The highest BCUT2D eigenvalue weighted by molar-refractivity contribution is 5.95. The van der Waals surface area contributed by atoms with E-state index in [2.05, 4.69) is 0 Å². The normalized spacial score (nSPS) is 17.8. The molecule has 0 radical (unpaired) electrons. The SMILES string of the molecule is CCN(C(=O)CO)c1ccc(N2CC(CN)OC2=O)cc1. The number of anilines is 2. The van der Waals surface area contributed by atoms with Crippen LogP contribution >= 0.6 is 0 Å². The monoisotopic (exact) mass is 293 g/mol. The molecule has 0 bridgehead atoms. The topological polar surface area (TPSA) is 96.1 Å². The minimum atomic E-state index is -0.535. The summed E-state index contributed by atoms with van der Waals surface area (Å²) in [6.45, 7) is 2.45. The quantitative estimate of drug-likeness (QED) is 0.815. The van der Waals surface area contributed by atoms with E-state index in [1.807, 2.05) is 6.92 Å². The molecule has 0 aromatic heterocycles. The van der Waals surface area contributed by atoms with E-state index in [1.165, 1.54) is 9.80 Å². The zero-order valence-electron chi connectivity index (χ0n) is 11.9. The molecule has 21 heavy (non-hydrogen) atoms. The molecule has 1 heterocycles. The summed E-state index contributed by atoms with van der Waals surface area (Å²) in [6, 6.07) is 6.94. The van der Waals surface area contributed by atoms with Crippen LogP contribution in [0, 0.1) is 0 Å². The fourth-order valence-corrected chi connectivity index (χ4v) is 2.26. The molecule has 1 atom stereocenters. The van der Waals surface area contributed by atoms with Crippen molar-refractivity contribution in [2.75, 3.05) is 36.0 Å². The Bertz CT molecular complexity index is 517. The summed E-state index contributed by atoms with van der Waals surface area (Å²) in [4.78, 5) is 26.3. The summed E-state index contributed by atoms with van der Waals surface area (Å²) in [7, 11) is 0. The van der Waals surface area contributed by atoms with Crippen LogP contribution in [0.25, 0.3) is 0 Å². The third-order valence-corrected chi connectivity index (χ3v) is 3.36. The highest BCUT2D eigenvalue weighted by Gasteiger charge is 2.31. The number of aliphatic hydroxyl groups excluding tert-OH is 1. The molecule has 0 aliphatic carbocycles. The molecule has 0 spiro atoms. The van der Waals surface area contributed by atoms with E-state index in [4.69, 9.17) is 15.6 Å². The molecule has 2 rings (SSSR count). The van der Waals surface area contributed by atoms with Crippen LogP contribution in [0.15, 0.2) is 24.3 Å². The summed E-state index contributed by atoms with van der Waals surface area (Å²) in [5, 5.41) is 8.94. The molecule has 1 aliphatic heterocycles. The van der Waals surface area contributed by atoms with Gasteiger partial charge in [0.05, 0.1) is 6.54 Å². The highest BCUT2D eigenvalue weighted by atomic mass is 16.6. The van der Waals surface area contributed by atoms with Gasteiger partial charge in [0.25, 0.3) is 5.91 Å². The summed E-state index contributed by atoms with van der Waals surface area (Å²) < 4.78 is 5.10. The minimum absolute atomic E-state index is 0.287. The van der Waals surface area contributed by atoms with Crippen molar-refractivity contribution in [1.29, 1.82) is 0 Å². The molecule has 3 N–H and O–H groups in total. The second-order valence-corrected chi connectivity index (χ2v) is 4.66. The van der Waals surface area contributed by atoms with Crippen LogP contribution in [0.4, 0.5) is 16.2 Å². The van der Waals surface area contributed by atoms with Crippen LogP contribution in [-0.2, 0) is 9.53 Å². The zero-order valence-corrected chi connectivity index (χ0v) is 11.9. The van der Waals surface area contributed by atoms with Gasteiger partial charge < -0.3 is 20.5 Å². The van der Waals surface area contributed by atoms with Gasteiger partial charge in [-0.2, -0.15) is 0 Å². The highest BCUT2D eigenvalue weighted by Crippen LogP contribution is 2.24. The number of ether oxygens (including phenoxy) is 1. The predicted molar refractivity (Wildman–Crippen MR) is 78.2 cm³/mol. The molecule has 1 aromatic carbocycles. The van der Waals surface area contributed by atoms with Crippen molar-refractivity contribution in [1.82, 2.24) is 0 Å². The van der Waals surface area contributed by atoms with Crippen LogP contribution in [-0.4, -0.2) is 49.5 Å². The number of hydrogen-bond acceptors (Lipinski definition) is 5. The fourth-order valence-electron chi connectivity index (χ4n) is 2.26. The average molecular weight is 293 g/mol. The molecule has 1 unspecified atom stereocenters. The number of amides is 2. The second-order valence-electron chi connectivity index (χ2n) is 4.66. The summed E-state index contributed by atoms with van der Waals surface area (Å²) in [6.07, 6.45) is -0.711. The lowest BCUT2D eigenvalue weighted by Gasteiger charge is -2.21. The van der Waals surface area contributed by atoms with Gasteiger partial charge in [0.2, 0.25) is 0 Å². The van der Waals surface area contributed by atoms with Crippen molar-refractivity contribution in [3.8, 4) is 0 Å². The maximum Gasteiger partial charge on any atom is 0.414 e. The Balaban J connectivity index is 2.15.